The van der Waals surface area contributed by atoms with E-state index in [0.29, 0.717) is 23.2 Å². The fourth-order valence-electron chi connectivity index (χ4n) is 2.09. The van der Waals surface area contributed by atoms with Gasteiger partial charge in [-0.25, -0.2) is 9.97 Å². The Bertz CT molecular complexity index is 805. The Balaban J connectivity index is 2.08. The van der Waals surface area contributed by atoms with Crippen LogP contribution >= 0.6 is 11.6 Å². The second kappa shape index (κ2) is 5.68. The predicted octanol–water partition coefficient (Wildman–Crippen LogP) is 3.84. The zero-order valence-electron chi connectivity index (χ0n) is 11.5. The number of hydrogen-bond acceptors (Lipinski definition) is 4. The lowest BCUT2D eigenvalue weighted by molar-refractivity contribution is 0.466. The van der Waals surface area contributed by atoms with E-state index < -0.39 is 0 Å². The van der Waals surface area contributed by atoms with Crippen molar-refractivity contribution in [2.75, 3.05) is 0 Å². The van der Waals surface area contributed by atoms with E-state index in [2.05, 4.69) is 9.97 Å². The molecule has 5 heteroatoms. The van der Waals surface area contributed by atoms with Crippen LogP contribution in [0.1, 0.15) is 11.3 Å². The van der Waals surface area contributed by atoms with E-state index in [1.807, 2.05) is 37.3 Å². The summed E-state index contributed by atoms with van der Waals surface area (Å²) in [4.78, 5) is 8.70. The summed E-state index contributed by atoms with van der Waals surface area (Å²) in [6.07, 6.45) is 1.63. The molecule has 0 saturated carbocycles. The highest BCUT2D eigenvalue weighted by atomic mass is 35.5. The average Bonchev–Trinajstić information content (AvgIpc) is 2.50. The first-order chi connectivity index (χ1) is 10.2. The number of nitrogens with zero attached hydrogens (tertiary/aromatic N) is 2. The predicted molar refractivity (Wildman–Crippen MR) is 83.7 cm³/mol. The van der Waals surface area contributed by atoms with Crippen molar-refractivity contribution in [2.45, 2.75) is 13.5 Å². The number of nitrogens with two attached hydrogens (primary N) is 1. The number of hydrogen-bond donors (Lipinski definition) is 1. The van der Waals surface area contributed by atoms with Crippen molar-refractivity contribution in [1.29, 1.82) is 0 Å². The van der Waals surface area contributed by atoms with Crippen LogP contribution in [-0.4, -0.2) is 9.97 Å². The van der Waals surface area contributed by atoms with Gasteiger partial charge in [-0.1, -0.05) is 29.8 Å². The molecule has 0 atom stereocenters. The highest BCUT2D eigenvalue weighted by molar-refractivity contribution is 6.32. The van der Waals surface area contributed by atoms with Crippen LogP contribution in [0.3, 0.4) is 0 Å². The first-order valence-corrected chi connectivity index (χ1v) is 6.94. The van der Waals surface area contributed by atoms with E-state index >= 15 is 0 Å². The third-order valence-corrected chi connectivity index (χ3v) is 3.59. The molecule has 2 aromatic heterocycles. The molecule has 106 valence electrons. The van der Waals surface area contributed by atoms with E-state index in [0.717, 1.165) is 22.2 Å². The second-order valence-corrected chi connectivity index (χ2v) is 5.05. The lowest BCUT2D eigenvalue weighted by Crippen LogP contribution is -2.00. The Morgan fingerprint density at radius 2 is 2.05 bits per heavy atom. The highest BCUT2D eigenvalue weighted by Crippen LogP contribution is 2.32. The molecular formula is C16H14ClN3O. The number of ether oxygens (including phenoxy) is 1. The van der Waals surface area contributed by atoms with E-state index in [1.165, 1.54) is 0 Å². The summed E-state index contributed by atoms with van der Waals surface area (Å²) in [7, 11) is 0. The maximum atomic E-state index is 6.25. The maximum absolute atomic E-state index is 6.25. The highest BCUT2D eigenvalue weighted by Gasteiger charge is 2.11. The average molecular weight is 300 g/mol. The minimum atomic E-state index is 0.338. The molecule has 1 aromatic carbocycles. The van der Waals surface area contributed by atoms with Gasteiger partial charge in [0.15, 0.2) is 5.75 Å². The topological polar surface area (TPSA) is 61.0 Å². The Morgan fingerprint density at radius 1 is 1.19 bits per heavy atom. The van der Waals surface area contributed by atoms with Crippen molar-refractivity contribution in [1.82, 2.24) is 9.97 Å². The number of para-hydroxylation sites is 1. The van der Waals surface area contributed by atoms with Gasteiger partial charge in [0, 0.05) is 23.8 Å². The number of fused-ring (bicyclic) bond motifs is 1. The van der Waals surface area contributed by atoms with E-state index in [4.69, 9.17) is 22.1 Å². The molecular weight excluding hydrogens is 286 g/mol. The van der Waals surface area contributed by atoms with Crippen molar-refractivity contribution < 1.29 is 4.74 Å². The van der Waals surface area contributed by atoms with Crippen molar-refractivity contribution >= 4 is 22.5 Å². The number of halogens is 1. The first-order valence-electron chi connectivity index (χ1n) is 6.56. The Hall–Kier alpha value is -2.17. The molecule has 0 saturated heterocycles. The van der Waals surface area contributed by atoms with E-state index in [1.54, 1.807) is 12.3 Å². The van der Waals surface area contributed by atoms with Crippen molar-refractivity contribution in [3.8, 4) is 11.6 Å². The van der Waals surface area contributed by atoms with Gasteiger partial charge in [0.25, 0.3) is 0 Å². The fourth-order valence-corrected chi connectivity index (χ4v) is 2.32. The van der Waals surface area contributed by atoms with Gasteiger partial charge in [0.2, 0.25) is 5.88 Å². The first kappa shape index (κ1) is 13.8. The molecule has 2 N–H and O–H groups in total. The zero-order valence-corrected chi connectivity index (χ0v) is 12.3. The largest absolute Gasteiger partial charge is 0.435 e. The fraction of sp³-hybridized carbons (Fsp3) is 0.125. The molecule has 0 amide bonds. The SMILES string of the molecule is Cc1ccc2cccc(Oc3nccc(CN)c3Cl)c2n1. The minimum absolute atomic E-state index is 0.338. The molecule has 4 nitrogen and oxygen atoms in total. The molecule has 0 fully saturated rings. The van der Waals surface area contributed by atoms with Crippen LogP contribution in [0.25, 0.3) is 10.9 Å². The van der Waals surface area contributed by atoms with Gasteiger partial charge in [-0.2, -0.15) is 0 Å². The molecule has 0 bridgehead atoms. The summed E-state index contributed by atoms with van der Waals surface area (Å²) in [5, 5.41) is 1.44. The molecule has 21 heavy (non-hydrogen) atoms. The van der Waals surface area contributed by atoms with Crippen LogP contribution < -0.4 is 10.5 Å². The van der Waals surface area contributed by atoms with Gasteiger partial charge in [0.05, 0.1) is 0 Å². The summed E-state index contributed by atoms with van der Waals surface area (Å²) in [6, 6.07) is 11.5. The number of rotatable bonds is 3. The van der Waals surface area contributed by atoms with Gasteiger partial charge >= 0.3 is 0 Å². The molecule has 0 aliphatic heterocycles. The van der Waals surface area contributed by atoms with E-state index in [-0.39, 0.29) is 0 Å². The van der Waals surface area contributed by atoms with Gasteiger partial charge in [-0.05, 0) is 30.7 Å². The smallest absolute Gasteiger partial charge is 0.238 e. The summed E-state index contributed by atoms with van der Waals surface area (Å²) in [5.74, 6) is 0.968. The lowest BCUT2D eigenvalue weighted by Gasteiger charge is -2.10. The summed E-state index contributed by atoms with van der Waals surface area (Å²) >= 11 is 6.25. The van der Waals surface area contributed by atoms with Crippen LogP contribution in [0.4, 0.5) is 0 Å². The summed E-state index contributed by atoms with van der Waals surface area (Å²) in [6.45, 7) is 2.28. The molecule has 2 heterocycles. The minimum Gasteiger partial charge on any atom is -0.435 e. The maximum Gasteiger partial charge on any atom is 0.238 e. The Labute approximate surface area is 127 Å². The van der Waals surface area contributed by atoms with Gasteiger partial charge < -0.3 is 10.5 Å². The molecule has 3 rings (SSSR count). The number of aryl methyl sites for hydroxylation is 1. The van der Waals surface area contributed by atoms with Crippen LogP contribution in [0.15, 0.2) is 42.6 Å². The normalized spacial score (nSPS) is 10.8. The van der Waals surface area contributed by atoms with Gasteiger partial charge in [-0.3, -0.25) is 0 Å². The summed E-state index contributed by atoms with van der Waals surface area (Å²) in [5.41, 5.74) is 8.15. The molecule has 0 aliphatic carbocycles. The third-order valence-electron chi connectivity index (χ3n) is 3.19. The second-order valence-electron chi connectivity index (χ2n) is 4.68. The van der Waals surface area contributed by atoms with Gasteiger partial charge in [0.1, 0.15) is 10.5 Å². The van der Waals surface area contributed by atoms with Crippen LogP contribution in [0.5, 0.6) is 11.6 Å². The number of pyridine rings is 2. The quantitative estimate of drug-likeness (QED) is 0.798. The number of aromatic nitrogens is 2. The van der Waals surface area contributed by atoms with Crippen molar-refractivity contribution in [3.05, 3.63) is 58.9 Å². The van der Waals surface area contributed by atoms with Gasteiger partial charge in [-0.15, -0.1) is 0 Å². The van der Waals surface area contributed by atoms with Crippen molar-refractivity contribution in [3.63, 3.8) is 0 Å². The molecule has 0 radical (unpaired) electrons. The Morgan fingerprint density at radius 3 is 2.86 bits per heavy atom. The molecule has 3 aromatic rings. The number of benzene rings is 1. The van der Waals surface area contributed by atoms with Crippen molar-refractivity contribution in [2.24, 2.45) is 5.73 Å². The standard InChI is InChI=1S/C16H14ClN3O/c1-10-5-6-11-3-2-4-13(15(11)20-10)21-16-14(17)12(9-18)7-8-19-16/h2-8H,9,18H2,1H3. The van der Waals surface area contributed by atoms with Crippen LogP contribution in [0.2, 0.25) is 5.02 Å². The molecule has 0 spiro atoms. The zero-order chi connectivity index (χ0) is 14.8. The van der Waals surface area contributed by atoms with Crippen LogP contribution in [0, 0.1) is 6.92 Å². The molecule has 0 unspecified atom stereocenters. The monoisotopic (exact) mass is 299 g/mol. The molecule has 0 aliphatic rings. The van der Waals surface area contributed by atoms with E-state index in [9.17, 15) is 0 Å². The third kappa shape index (κ3) is 2.68. The summed E-state index contributed by atoms with van der Waals surface area (Å²) < 4.78 is 5.86. The Kier molecular flexibility index (Phi) is 3.73. The lowest BCUT2D eigenvalue weighted by atomic mass is 10.2. The van der Waals surface area contributed by atoms with Crippen LogP contribution in [-0.2, 0) is 6.54 Å².